The molecule has 56 heavy (non-hydrogen) atoms. The van der Waals surface area contributed by atoms with Crippen molar-refractivity contribution in [3.8, 4) is 0 Å². The van der Waals surface area contributed by atoms with Crippen LogP contribution >= 0.6 is 0 Å². The van der Waals surface area contributed by atoms with Gasteiger partial charge in [-0.15, -0.1) is 0 Å². The first kappa shape index (κ1) is 52.3. The molecule has 1 unspecified atom stereocenters. The summed E-state index contributed by atoms with van der Waals surface area (Å²) in [6, 6.07) is 0. The van der Waals surface area contributed by atoms with Gasteiger partial charge in [-0.3, -0.25) is 9.59 Å². The van der Waals surface area contributed by atoms with Crippen LogP contribution in [0.4, 0.5) is 0 Å². The number of esters is 2. The number of ether oxygens (including phenoxy) is 3. The Hall–Kier alpha value is -3.70. The van der Waals surface area contributed by atoms with Gasteiger partial charge in [0.1, 0.15) is 6.61 Å². The fourth-order valence-corrected chi connectivity index (χ4v) is 5.35. The van der Waals surface area contributed by atoms with Crippen LogP contribution < -0.4 is 0 Å². The molecular formula is C51H80O5. The number of hydrogen-bond acceptors (Lipinski definition) is 5. The lowest BCUT2D eigenvalue weighted by Gasteiger charge is -2.18. The third-order valence-corrected chi connectivity index (χ3v) is 8.55. The second-order valence-electron chi connectivity index (χ2n) is 13.9. The van der Waals surface area contributed by atoms with Crippen LogP contribution in [-0.2, 0) is 23.8 Å². The molecule has 0 radical (unpaired) electrons. The Morgan fingerprint density at radius 3 is 1.27 bits per heavy atom. The Morgan fingerprint density at radius 1 is 0.429 bits per heavy atom. The van der Waals surface area contributed by atoms with Crippen molar-refractivity contribution in [1.29, 1.82) is 0 Å². The number of hydrogen-bond donors (Lipinski definition) is 0. The highest BCUT2D eigenvalue weighted by atomic mass is 16.6. The molecule has 0 aromatic heterocycles. The average Bonchev–Trinajstić information content (AvgIpc) is 3.20. The highest BCUT2D eigenvalue weighted by Crippen LogP contribution is 2.12. The highest BCUT2D eigenvalue weighted by molar-refractivity contribution is 5.71. The molecule has 0 bridgehead atoms. The van der Waals surface area contributed by atoms with Crippen LogP contribution in [0.25, 0.3) is 0 Å². The Kier molecular flexibility index (Phi) is 42.7. The molecule has 0 fully saturated rings. The summed E-state index contributed by atoms with van der Waals surface area (Å²) in [5.74, 6) is -0.599. The van der Waals surface area contributed by atoms with E-state index < -0.39 is 6.10 Å². The average molecular weight is 773 g/mol. The molecule has 0 heterocycles. The van der Waals surface area contributed by atoms with Gasteiger partial charge >= 0.3 is 11.9 Å². The number of unbranched alkanes of at least 4 members (excludes halogenated alkanes) is 8. The van der Waals surface area contributed by atoms with Gasteiger partial charge in [0.05, 0.1) is 19.6 Å². The van der Waals surface area contributed by atoms with Crippen molar-refractivity contribution >= 4 is 11.9 Å². The molecule has 0 aliphatic rings. The zero-order valence-corrected chi connectivity index (χ0v) is 35.8. The van der Waals surface area contributed by atoms with E-state index in [9.17, 15) is 9.59 Å². The Labute approximate surface area is 344 Å². The fourth-order valence-electron chi connectivity index (χ4n) is 5.35. The molecule has 0 N–H and O–H groups in total. The first-order chi connectivity index (χ1) is 27.6. The second-order valence-corrected chi connectivity index (χ2v) is 13.9. The summed E-state index contributed by atoms with van der Waals surface area (Å²) in [6.07, 6.45) is 63.9. The van der Waals surface area contributed by atoms with Crippen LogP contribution in [0.5, 0.6) is 0 Å². The van der Waals surface area contributed by atoms with Gasteiger partial charge in [-0.1, -0.05) is 194 Å². The van der Waals surface area contributed by atoms with Crippen LogP contribution in [0.1, 0.15) is 162 Å². The van der Waals surface area contributed by atoms with Gasteiger partial charge < -0.3 is 14.2 Å². The second kappa shape index (κ2) is 45.7. The predicted molar refractivity (Wildman–Crippen MR) is 242 cm³/mol. The fraction of sp³-hybridized carbons (Fsp3) is 0.569. The number of carbonyl (C=O) groups is 2. The van der Waals surface area contributed by atoms with Crippen LogP contribution in [0.2, 0.25) is 0 Å². The number of rotatable bonds is 38. The molecular weight excluding hydrogens is 693 g/mol. The minimum absolute atomic E-state index is 0.00525. The molecule has 0 aliphatic carbocycles. The van der Waals surface area contributed by atoms with Crippen molar-refractivity contribution in [2.75, 3.05) is 19.8 Å². The SMILES string of the molecule is CC/C=C\C/C=C\C/C=C\C/C=C\C/C=C\CCOCC(COC(=O)C/C=C\C/C=C\C/C=C\C/C=C\C/C=C\CC)OC(=O)CCCCCCCCCCC. The largest absolute Gasteiger partial charge is 0.461 e. The number of carbonyl (C=O) groups excluding carboxylic acids is 2. The Balaban J connectivity index is 4.51. The monoisotopic (exact) mass is 773 g/mol. The summed E-state index contributed by atoms with van der Waals surface area (Å²) in [6.45, 7) is 7.23. The standard InChI is InChI=1S/C51H80O5/c1-4-7-10-13-16-19-21-23-25-27-29-31-34-37-40-43-46-54-47-49(56-51(53)45-42-39-36-32-18-15-12-9-6-3)48-55-50(52)44-41-38-35-33-30-28-26-24-22-20-17-14-11-8-5-2/h7-8,10-11,16-17,19-20,23-26,29-31,33,37-38,40-41,49H,4-6,9,12-15,18,21-22,27-28,32,34-36,39,42-48H2,1-3H3/b10-7-,11-8-,19-16-,20-17-,25-23-,26-24-,31-29-,33-30-,40-37-,41-38-. The van der Waals surface area contributed by atoms with Gasteiger partial charge in [-0.25, -0.2) is 0 Å². The van der Waals surface area contributed by atoms with Gasteiger partial charge in [0, 0.05) is 6.42 Å². The van der Waals surface area contributed by atoms with Crippen molar-refractivity contribution in [1.82, 2.24) is 0 Å². The molecule has 0 saturated carbocycles. The summed E-state index contributed by atoms with van der Waals surface area (Å²) >= 11 is 0. The maximum absolute atomic E-state index is 12.7. The smallest absolute Gasteiger partial charge is 0.309 e. The molecule has 0 saturated heterocycles. The van der Waals surface area contributed by atoms with E-state index >= 15 is 0 Å². The number of allylic oxidation sites excluding steroid dienone is 18. The van der Waals surface area contributed by atoms with Crippen molar-refractivity contribution < 1.29 is 23.8 Å². The van der Waals surface area contributed by atoms with Crippen molar-refractivity contribution in [2.24, 2.45) is 0 Å². The maximum atomic E-state index is 12.7. The van der Waals surface area contributed by atoms with E-state index in [2.05, 4.69) is 130 Å². The molecule has 5 nitrogen and oxygen atoms in total. The van der Waals surface area contributed by atoms with E-state index in [0.717, 1.165) is 89.9 Å². The van der Waals surface area contributed by atoms with Crippen LogP contribution in [0, 0.1) is 0 Å². The Morgan fingerprint density at radius 2 is 0.821 bits per heavy atom. The minimum atomic E-state index is -0.619. The molecule has 0 amide bonds. The summed E-state index contributed by atoms with van der Waals surface area (Å²) in [4.78, 5) is 25.1. The van der Waals surface area contributed by atoms with Crippen LogP contribution in [0.3, 0.4) is 0 Å². The molecule has 1 atom stereocenters. The quantitative estimate of drug-likeness (QED) is 0.0355. The molecule has 0 aliphatic heterocycles. The topological polar surface area (TPSA) is 61.8 Å². The third-order valence-electron chi connectivity index (χ3n) is 8.55. The van der Waals surface area contributed by atoms with Gasteiger partial charge in [-0.05, 0) is 77.0 Å². The third kappa shape index (κ3) is 43.0. The summed E-state index contributed by atoms with van der Waals surface area (Å²) < 4.78 is 17.1. The molecule has 0 spiro atoms. The zero-order chi connectivity index (χ0) is 40.7. The van der Waals surface area contributed by atoms with Crippen LogP contribution in [0.15, 0.2) is 122 Å². The van der Waals surface area contributed by atoms with Gasteiger partial charge in [0.15, 0.2) is 6.10 Å². The normalized spacial score (nSPS) is 13.4. The van der Waals surface area contributed by atoms with Gasteiger partial charge in [-0.2, -0.15) is 0 Å². The molecule has 0 aromatic carbocycles. The molecule has 5 heteroatoms. The first-order valence-corrected chi connectivity index (χ1v) is 22.1. The highest BCUT2D eigenvalue weighted by Gasteiger charge is 2.17. The van der Waals surface area contributed by atoms with E-state index in [-0.39, 0.29) is 31.6 Å². The maximum Gasteiger partial charge on any atom is 0.309 e. The van der Waals surface area contributed by atoms with Gasteiger partial charge in [0.2, 0.25) is 0 Å². The van der Waals surface area contributed by atoms with Gasteiger partial charge in [0.25, 0.3) is 0 Å². The molecule has 314 valence electrons. The van der Waals surface area contributed by atoms with Crippen molar-refractivity contribution in [2.45, 2.75) is 168 Å². The van der Waals surface area contributed by atoms with E-state index in [4.69, 9.17) is 14.2 Å². The van der Waals surface area contributed by atoms with E-state index in [1.165, 1.54) is 38.5 Å². The van der Waals surface area contributed by atoms with E-state index in [1.807, 2.05) is 12.2 Å². The Bertz CT molecular complexity index is 1190. The summed E-state index contributed by atoms with van der Waals surface area (Å²) in [7, 11) is 0. The minimum Gasteiger partial charge on any atom is -0.461 e. The van der Waals surface area contributed by atoms with E-state index in [1.54, 1.807) is 0 Å². The summed E-state index contributed by atoms with van der Waals surface area (Å²) in [5.41, 5.74) is 0. The zero-order valence-electron chi connectivity index (χ0n) is 35.8. The lowest BCUT2D eigenvalue weighted by Crippen LogP contribution is -2.30. The first-order valence-electron chi connectivity index (χ1n) is 22.1. The van der Waals surface area contributed by atoms with Crippen LogP contribution in [-0.4, -0.2) is 37.9 Å². The molecule has 0 aromatic rings. The van der Waals surface area contributed by atoms with Crippen molar-refractivity contribution in [3.05, 3.63) is 122 Å². The van der Waals surface area contributed by atoms with E-state index in [0.29, 0.717) is 13.0 Å². The predicted octanol–water partition coefficient (Wildman–Crippen LogP) is 14.7. The van der Waals surface area contributed by atoms with Crippen molar-refractivity contribution in [3.63, 3.8) is 0 Å². The lowest BCUT2D eigenvalue weighted by atomic mass is 10.1. The lowest BCUT2D eigenvalue weighted by molar-refractivity contribution is -0.162. The molecule has 0 rings (SSSR count). The summed E-state index contributed by atoms with van der Waals surface area (Å²) in [5, 5.41) is 0.